The Labute approximate surface area is 99.9 Å². The van der Waals surface area contributed by atoms with E-state index in [-0.39, 0.29) is 0 Å². The van der Waals surface area contributed by atoms with Crippen LogP contribution < -0.4 is 5.73 Å². The minimum atomic E-state index is 0.390. The van der Waals surface area contributed by atoms with Gasteiger partial charge in [-0.2, -0.15) is 0 Å². The first-order valence-electron chi connectivity index (χ1n) is 7.16. The molecule has 2 atom stereocenters. The Hall–Kier alpha value is -0.0800. The topological polar surface area (TPSA) is 35.2 Å². The third kappa shape index (κ3) is 3.21. The normalized spacial score (nSPS) is 37.5. The Morgan fingerprint density at radius 3 is 2.50 bits per heavy atom. The Morgan fingerprint density at radius 2 is 1.94 bits per heavy atom. The Balaban J connectivity index is 1.70. The summed E-state index contributed by atoms with van der Waals surface area (Å²) in [5.41, 5.74) is 6.34. The third-order valence-electron chi connectivity index (χ3n) is 4.63. The summed E-state index contributed by atoms with van der Waals surface area (Å²) in [4.78, 5) is 0. The molecule has 94 valence electrons. The van der Waals surface area contributed by atoms with E-state index in [1.54, 1.807) is 0 Å². The van der Waals surface area contributed by atoms with Gasteiger partial charge in [0.25, 0.3) is 0 Å². The van der Waals surface area contributed by atoms with Crippen LogP contribution in [0.15, 0.2) is 0 Å². The first kappa shape index (κ1) is 12.4. The summed E-state index contributed by atoms with van der Waals surface area (Å²) in [6.45, 7) is 3.28. The van der Waals surface area contributed by atoms with E-state index in [1.807, 2.05) is 0 Å². The van der Waals surface area contributed by atoms with Crippen molar-refractivity contribution < 1.29 is 4.74 Å². The fraction of sp³-hybridized carbons (Fsp3) is 1.00. The molecule has 1 saturated heterocycles. The van der Waals surface area contributed by atoms with E-state index >= 15 is 0 Å². The van der Waals surface area contributed by atoms with Gasteiger partial charge in [-0.3, -0.25) is 0 Å². The molecular weight excluding hydrogens is 198 g/mol. The fourth-order valence-electron chi connectivity index (χ4n) is 3.35. The van der Waals surface area contributed by atoms with Crippen molar-refractivity contribution in [2.24, 2.45) is 17.6 Å². The summed E-state index contributed by atoms with van der Waals surface area (Å²) >= 11 is 0. The largest absolute Gasteiger partial charge is 0.378 e. The summed E-state index contributed by atoms with van der Waals surface area (Å²) in [6, 6.07) is 0.390. The molecule has 0 spiro atoms. The smallest absolute Gasteiger partial charge is 0.0590 e. The van der Waals surface area contributed by atoms with Crippen LogP contribution in [0.2, 0.25) is 0 Å². The quantitative estimate of drug-likeness (QED) is 0.798. The van der Waals surface area contributed by atoms with Crippen molar-refractivity contribution in [3.05, 3.63) is 0 Å². The second kappa shape index (κ2) is 6.02. The van der Waals surface area contributed by atoms with E-state index < -0.39 is 0 Å². The number of rotatable bonds is 4. The molecule has 0 radical (unpaired) electrons. The highest BCUT2D eigenvalue weighted by atomic mass is 16.5. The highest BCUT2D eigenvalue weighted by molar-refractivity contribution is 4.82. The van der Waals surface area contributed by atoms with E-state index in [4.69, 9.17) is 10.5 Å². The van der Waals surface area contributed by atoms with E-state index in [0.717, 1.165) is 24.9 Å². The summed E-state index contributed by atoms with van der Waals surface area (Å²) < 4.78 is 5.68. The van der Waals surface area contributed by atoms with Gasteiger partial charge in [0.15, 0.2) is 0 Å². The third-order valence-corrected chi connectivity index (χ3v) is 4.63. The lowest BCUT2D eigenvalue weighted by Gasteiger charge is -2.32. The SMILES string of the molecule is CCC1CCC(C(N)CC2CCCO2)CC1. The minimum absolute atomic E-state index is 0.390. The minimum Gasteiger partial charge on any atom is -0.378 e. The van der Waals surface area contributed by atoms with Gasteiger partial charge in [0.2, 0.25) is 0 Å². The Kier molecular flexibility index (Phi) is 4.66. The lowest BCUT2D eigenvalue weighted by atomic mass is 9.76. The van der Waals surface area contributed by atoms with Gasteiger partial charge in [-0.25, -0.2) is 0 Å². The van der Waals surface area contributed by atoms with Crippen LogP contribution >= 0.6 is 0 Å². The molecule has 2 unspecified atom stereocenters. The maximum atomic E-state index is 6.34. The summed E-state index contributed by atoms with van der Waals surface area (Å²) in [5, 5.41) is 0. The van der Waals surface area contributed by atoms with Crippen molar-refractivity contribution in [1.29, 1.82) is 0 Å². The van der Waals surface area contributed by atoms with Crippen molar-refractivity contribution >= 4 is 0 Å². The van der Waals surface area contributed by atoms with Crippen molar-refractivity contribution in [2.75, 3.05) is 6.61 Å². The molecule has 0 aromatic rings. The molecule has 2 fully saturated rings. The number of hydrogen-bond donors (Lipinski definition) is 1. The predicted octanol–water partition coefficient (Wildman–Crippen LogP) is 3.10. The van der Waals surface area contributed by atoms with Crippen molar-refractivity contribution in [3.63, 3.8) is 0 Å². The zero-order chi connectivity index (χ0) is 11.4. The van der Waals surface area contributed by atoms with E-state index in [1.165, 1.54) is 44.9 Å². The molecule has 0 aromatic heterocycles. The molecule has 16 heavy (non-hydrogen) atoms. The van der Waals surface area contributed by atoms with Crippen LogP contribution in [0.3, 0.4) is 0 Å². The van der Waals surface area contributed by atoms with Crippen molar-refractivity contribution in [2.45, 2.75) is 70.4 Å². The lowest BCUT2D eigenvalue weighted by molar-refractivity contribution is 0.0869. The summed E-state index contributed by atoms with van der Waals surface area (Å²) in [7, 11) is 0. The molecule has 0 amide bonds. The summed E-state index contributed by atoms with van der Waals surface area (Å²) in [6.07, 6.45) is 10.9. The second-order valence-electron chi connectivity index (χ2n) is 5.72. The monoisotopic (exact) mass is 225 g/mol. The molecule has 1 aliphatic carbocycles. The van der Waals surface area contributed by atoms with Crippen molar-refractivity contribution in [3.8, 4) is 0 Å². The van der Waals surface area contributed by atoms with Gasteiger partial charge in [-0.05, 0) is 43.9 Å². The number of ether oxygens (including phenoxy) is 1. The standard InChI is InChI=1S/C14H27NO/c1-2-11-5-7-12(8-6-11)14(15)10-13-4-3-9-16-13/h11-14H,2-10,15H2,1H3. The van der Waals surface area contributed by atoms with E-state index in [2.05, 4.69) is 6.92 Å². The van der Waals surface area contributed by atoms with Gasteiger partial charge in [0.05, 0.1) is 6.10 Å². The average molecular weight is 225 g/mol. The van der Waals surface area contributed by atoms with Crippen LogP contribution in [0.25, 0.3) is 0 Å². The van der Waals surface area contributed by atoms with Crippen LogP contribution in [-0.2, 0) is 4.74 Å². The second-order valence-corrected chi connectivity index (χ2v) is 5.72. The van der Waals surface area contributed by atoms with Crippen LogP contribution in [0.5, 0.6) is 0 Å². The van der Waals surface area contributed by atoms with Gasteiger partial charge in [0, 0.05) is 12.6 Å². The molecule has 1 saturated carbocycles. The van der Waals surface area contributed by atoms with E-state index in [9.17, 15) is 0 Å². The Bertz CT molecular complexity index is 193. The van der Waals surface area contributed by atoms with Crippen LogP contribution in [0.4, 0.5) is 0 Å². The maximum Gasteiger partial charge on any atom is 0.0590 e. The number of nitrogens with two attached hydrogens (primary N) is 1. The molecule has 0 aromatic carbocycles. The van der Waals surface area contributed by atoms with Crippen LogP contribution in [-0.4, -0.2) is 18.8 Å². The maximum absolute atomic E-state index is 6.34. The van der Waals surface area contributed by atoms with Gasteiger partial charge < -0.3 is 10.5 Å². The predicted molar refractivity (Wildman–Crippen MR) is 67.3 cm³/mol. The highest BCUT2D eigenvalue weighted by Crippen LogP contribution is 2.33. The van der Waals surface area contributed by atoms with Crippen LogP contribution in [0, 0.1) is 11.8 Å². The molecule has 2 aliphatic rings. The molecule has 2 rings (SSSR count). The molecule has 2 heteroatoms. The van der Waals surface area contributed by atoms with Gasteiger partial charge in [0.1, 0.15) is 0 Å². The zero-order valence-corrected chi connectivity index (χ0v) is 10.7. The first-order valence-corrected chi connectivity index (χ1v) is 7.16. The van der Waals surface area contributed by atoms with E-state index in [0.29, 0.717) is 12.1 Å². The summed E-state index contributed by atoms with van der Waals surface area (Å²) in [5.74, 6) is 1.75. The molecule has 1 aliphatic heterocycles. The Morgan fingerprint density at radius 1 is 1.19 bits per heavy atom. The molecule has 2 N–H and O–H groups in total. The van der Waals surface area contributed by atoms with Crippen molar-refractivity contribution in [1.82, 2.24) is 0 Å². The van der Waals surface area contributed by atoms with Gasteiger partial charge in [-0.1, -0.05) is 26.2 Å². The average Bonchev–Trinajstić information content (AvgIpc) is 2.82. The van der Waals surface area contributed by atoms with Crippen LogP contribution in [0.1, 0.15) is 58.3 Å². The zero-order valence-electron chi connectivity index (χ0n) is 10.7. The highest BCUT2D eigenvalue weighted by Gasteiger charge is 2.27. The first-order chi connectivity index (χ1) is 7.79. The molecular formula is C14H27NO. The van der Waals surface area contributed by atoms with Gasteiger partial charge in [-0.15, -0.1) is 0 Å². The molecule has 1 heterocycles. The fourth-order valence-corrected chi connectivity index (χ4v) is 3.35. The molecule has 2 nitrogen and oxygen atoms in total. The molecule has 0 bridgehead atoms. The van der Waals surface area contributed by atoms with Gasteiger partial charge >= 0.3 is 0 Å². The lowest BCUT2D eigenvalue weighted by Crippen LogP contribution is -2.36. The number of hydrogen-bond acceptors (Lipinski definition) is 2.